The van der Waals surface area contributed by atoms with Gasteiger partial charge in [-0.3, -0.25) is 14.6 Å². The number of aromatic nitrogens is 1. The maximum Gasteiger partial charge on any atom is 0.308 e. The molecule has 0 radical (unpaired) electrons. The Morgan fingerprint density at radius 2 is 1.60 bits per heavy atom. The molecule has 0 amide bonds. The molecule has 0 bridgehead atoms. The number of aliphatic hydroxyl groups excluding tert-OH is 3. The van der Waals surface area contributed by atoms with Gasteiger partial charge in [-0.05, 0) is 77.4 Å². The minimum Gasteiger partial charge on any atom is -0.462 e. The first-order valence-electron chi connectivity index (χ1n) is 23.5. The minimum absolute atomic E-state index is 0.00347. The standard InChI is InChI=1S/C51H74N2O14/c1-11-40-37(28-63-51-49(61-10)48(60-9)45(58)33(6)65-51)23-29(2)18-19-39(55)30(3)24-36(20-21-54)47(67-50-46(59)43(53(7)8)44(57)32(5)64-50)31(4)41(26-42(56)66-40)62-22-14-15-34-25-35-16-12-13-17-38(35)52-27-34/h12-19,21,23,25,27,30-33,36-37,40-41,43-51,57-59H,11,20,22,24,26,28H2,1-10H3/b15-14+,19-18+,29-23+/t30-,31+,32-,33-,36+,37-,40-,41-,43+,44-,45-,46-,47-,48-,49-,50+,51-/m1/s1. The number of methoxy groups -OCH3 is 2. The van der Waals surface area contributed by atoms with Crippen molar-refractivity contribution in [2.75, 3.05) is 41.5 Å². The lowest BCUT2D eigenvalue weighted by molar-refractivity contribution is -0.304. The van der Waals surface area contributed by atoms with Gasteiger partial charge in [0, 0.05) is 50.0 Å². The van der Waals surface area contributed by atoms with E-state index in [-0.39, 0.29) is 38.3 Å². The number of hydrogen-bond donors (Lipinski definition) is 3. The summed E-state index contributed by atoms with van der Waals surface area (Å²) in [6, 6.07) is 9.07. The van der Waals surface area contributed by atoms with Crippen molar-refractivity contribution in [3.63, 3.8) is 0 Å². The van der Waals surface area contributed by atoms with Gasteiger partial charge < -0.3 is 62.9 Å². The normalized spacial score (nSPS) is 37.6. The fourth-order valence-electron chi connectivity index (χ4n) is 9.50. The lowest BCUT2D eigenvalue weighted by atomic mass is 9.79. The Labute approximate surface area is 395 Å². The van der Waals surface area contributed by atoms with E-state index in [1.54, 1.807) is 52.0 Å². The first-order chi connectivity index (χ1) is 32.0. The molecule has 16 nitrogen and oxygen atoms in total. The molecule has 5 rings (SSSR count). The summed E-state index contributed by atoms with van der Waals surface area (Å²) in [4.78, 5) is 47.0. The van der Waals surface area contributed by atoms with Crippen molar-refractivity contribution in [3.8, 4) is 0 Å². The van der Waals surface area contributed by atoms with Crippen LogP contribution in [0.25, 0.3) is 17.0 Å². The van der Waals surface area contributed by atoms with E-state index in [2.05, 4.69) is 4.98 Å². The van der Waals surface area contributed by atoms with Crippen LogP contribution >= 0.6 is 0 Å². The third-order valence-corrected chi connectivity index (χ3v) is 13.4. The van der Waals surface area contributed by atoms with Crippen molar-refractivity contribution >= 4 is 35.0 Å². The zero-order valence-electron chi connectivity index (χ0n) is 40.7. The van der Waals surface area contributed by atoms with Crippen LogP contribution in [0.3, 0.4) is 0 Å². The molecule has 3 aliphatic heterocycles. The highest BCUT2D eigenvalue weighted by molar-refractivity contribution is 5.91. The Morgan fingerprint density at radius 3 is 2.28 bits per heavy atom. The number of nitrogens with zero attached hydrogens (tertiary/aromatic N) is 2. The molecule has 67 heavy (non-hydrogen) atoms. The van der Waals surface area contributed by atoms with E-state index in [1.807, 2.05) is 69.3 Å². The van der Waals surface area contributed by atoms with Gasteiger partial charge in [-0.25, -0.2) is 0 Å². The average molecular weight is 939 g/mol. The van der Waals surface area contributed by atoms with Crippen LogP contribution < -0.4 is 0 Å². The second kappa shape index (κ2) is 25.7. The first-order valence-corrected chi connectivity index (χ1v) is 23.5. The molecule has 3 aliphatic rings. The second-order valence-corrected chi connectivity index (χ2v) is 18.5. The summed E-state index contributed by atoms with van der Waals surface area (Å²) in [6.07, 6.45) is 0.962. The number of benzene rings is 1. The molecule has 2 fully saturated rings. The zero-order valence-corrected chi connectivity index (χ0v) is 40.7. The number of carbonyl (C=O) groups excluding carboxylic acids is 3. The highest BCUT2D eigenvalue weighted by Crippen LogP contribution is 2.36. The van der Waals surface area contributed by atoms with E-state index in [0.717, 1.165) is 22.8 Å². The number of aldehydes is 1. The van der Waals surface area contributed by atoms with Crippen LogP contribution in [0.2, 0.25) is 0 Å². The number of cyclic esters (lactones) is 1. The largest absolute Gasteiger partial charge is 0.462 e. The van der Waals surface area contributed by atoms with E-state index in [9.17, 15) is 29.7 Å². The van der Waals surface area contributed by atoms with Crippen LogP contribution in [-0.4, -0.2) is 164 Å². The number of ether oxygens (including phenoxy) is 8. The van der Waals surface area contributed by atoms with Crippen molar-refractivity contribution < 1.29 is 67.6 Å². The predicted molar refractivity (Wildman–Crippen MR) is 250 cm³/mol. The number of aliphatic hydroxyl groups is 3. The number of rotatable bonds is 15. The van der Waals surface area contributed by atoms with Crippen molar-refractivity contribution in [2.24, 2.45) is 23.7 Å². The van der Waals surface area contributed by atoms with Crippen molar-refractivity contribution in [1.82, 2.24) is 9.88 Å². The van der Waals surface area contributed by atoms with Gasteiger partial charge in [0.1, 0.15) is 36.8 Å². The van der Waals surface area contributed by atoms with Gasteiger partial charge in [-0.15, -0.1) is 0 Å². The van der Waals surface area contributed by atoms with Gasteiger partial charge in [0.05, 0.1) is 61.7 Å². The second-order valence-electron chi connectivity index (χ2n) is 18.5. The lowest BCUT2D eigenvalue weighted by Crippen LogP contribution is -2.63. The van der Waals surface area contributed by atoms with Crippen molar-refractivity contribution in [2.45, 2.75) is 147 Å². The van der Waals surface area contributed by atoms with Crippen LogP contribution in [0.15, 0.2) is 66.4 Å². The molecule has 16 heteroatoms. The molecule has 2 saturated heterocycles. The molecule has 2 aromatic rings. The highest BCUT2D eigenvalue weighted by atomic mass is 16.7. The molecule has 1 aromatic heterocycles. The van der Waals surface area contributed by atoms with Crippen LogP contribution in [0.1, 0.15) is 72.8 Å². The fourth-order valence-corrected chi connectivity index (χ4v) is 9.50. The predicted octanol–water partition coefficient (Wildman–Crippen LogP) is 4.85. The number of esters is 1. The van der Waals surface area contributed by atoms with E-state index in [4.69, 9.17) is 37.9 Å². The molecule has 17 atom stereocenters. The molecule has 0 unspecified atom stereocenters. The number of likely N-dealkylation sites (N-methyl/N-ethyl adjacent to an activating group) is 1. The summed E-state index contributed by atoms with van der Waals surface area (Å²) < 4.78 is 49.5. The van der Waals surface area contributed by atoms with Crippen LogP contribution in [0.5, 0.6) is 0 Å². The van der Waals surface area contributed by atoms with E-state index in [1.165, 1.54) is 20.3 Å². The lowest BCUT2D eigenvalue weighted by Gasteiger charge is -2.46. The van der Waals surface area contributed by atoms with Crippen molar-refractivity contribution in [1.29, 1.82) is 0 Å². The molecular formula is C51H74N2O14. The van der Waals surface area contributed by atoms with Crippen molar-refractivity contribution in [3.05, 3.63) is 72.0 Å². The van der Waals surface area contributed by atoms with Gasteiger partial charge in [0.25, 0.3) is 0 Å². The molecule has 372 valence electrons. The minimum atomic E-state index is -1.30. The maximum absolute atomic E-state index is 14.4. The summed E-state index contributed by atoms with van der Waals surface area (Å²) in [7, 11) is 6.45. The molecule has 0 aliphatic carbocycles. The van der Waals surface area contributed by atoms with Crippen LogP contribution in [-0.2, 0) is 52.3 Å². The molecule has 1 aromatic carbocycles. The summed E-state index contributed by atoms with van der Waals surface area (Å²) >= 11 is 0. The van der Waals surface area contributed by atoms with E-state index < -0.39 is 109 Å². The van der Waals surface area contributed by atoms with Gasteiger partial charge in [0.2, 0.25) is 0 Å². The van der Waals surface area contributed by atoms with Gasteiger partial charge in [0.15, 0.2) is 18.4 Å². The van der Waals surface area contributed by atoms with Gasteiger partial charge >= 0.3 is 5.97 Å². The zero-order chi connectivity index (χ0) is 48.9. The average Bonchev–Trinajstić information content (AvgIpc) is 3.30. The summed E-state index contributed by atoms with van der Waals surface area (Å²) in [5, 5.41) is 34.4. The van der Waals surface area contributed by atoms with Gasteiger partial charge in [-0.1, -0.05) is 68.8 Å². The topological polar surface area (TPSA) is 202 Å². The molecule has 0 saturated carbocycles. The Kier molecular flexibility index (Phi) is 20.8. The molecule has 0 spiro atoms. The fraction of sp³-hybridized carbons (Fsp3) is 0.647. The first kappa shape index (κ1) is 54.2. The monoisotopic (exact) mass is 939 g/mol. The summed E-state index contributed by atoms with van der Waals surface area (Å²) in [6.45, 7) is 10.9. The number of para-hydroxylation sites is 1. The number of hydrogen-bond acceptors (Lipinski definition) is 16. The van der Waals surface area contributed by atoms with E-state index in [0.29, 0.717) is 12.0 Å². The summed E-state index contributed by atoms with van der Waals surface area (Å²) in [5.74, 6) is -3.08. The van der Waals surface area contributed by atoms with Crippen LogP contribution in [0, 0.1) is 23.7 Å². The molecule has 4 heterocycles. The number of carbonyl (C=O) groups is 3. The van der Waals surface area contributed by atoms with Crippen LogP contribution in [0.4, 0.5) is 0 Å². The van der Waals surface area contributed by atoms with Gasteiger partial charge in [-0.2, -0.15) is 0 Å². The summed E-state index contributed by atoms with van der Waals surface area (Å²) in [5.41, 5.74) is 2.43. The molecule has 3 N–H and O–H groups in total. The number of ketones is 1. The number of pyridine rings is 1. The van der Waals surface area contributed by atoms with E-state index >= 15 is 0 Å². The SMILES string of the molecule is CC[C@H]1OC(=O)C[C@@H](OC/C=C/c2cnc3ccccc3c2)[C@H](C)[C@@H](O[C@@H]2O[C@H](C)[C@@H](O)[C@H](N(C)C)[C@H]2O)[C@@H](CC=O)C[C@@H](C)C(=O)/C=C/C(C)=C/[C@@H]1CO[C@@H]1O[C@H](C)[C@@H](O)[C@@H](OC)[C@H]1OC. The Balaban J connectivity index is 1.51. The Hall–Kier alpha value is -3.78. The maximum atomic E-state index is 14.4. The number of allylic oxidation sites excluding steroid dienone is 3. The Morgan fingerprint density at radius 1 is 0.896 bits per heavy atom. The quantitative estimate of drug-likeness (QED) is 0.162. The molecular weight excluding hydrogens is 865 g/mol. The third-order valence-electron chi connectivity index (χ3n) is 13.4. The smallest absolute Gasteiger partial charge is 0.308 e. The Bertz CT molecular complexity index is 1990. The third kappa shape index (κ3) is 14.2. The highest BCUT2D eigenvalue weighted by Gasteiger charge is 2.48. The number of fused-ring (bicyclic) bond motifs is 1.